The van der Waals surface area contributed by atoms with E-state index in [1.54, 1.807) is 19.1 Å². The van der Waals surface area contributed by atoms with Gasteiger partial charge >= 0.3 is 0 Å². The lowest BCUT2D eigenvalue weighted by atomic mass is 10.1. The quantitative estimate of drug-likeness (QED) is 0.820. The van der Waals surface area contributed by atoms with Crippen LogP contribution in [0.15, 0.2) is 40.9 Å². The molecule has 4 heteroatoms. The van der Waals surface area contributed by atoms with Crippen molar-refractivity contribution in [3.8, 4) is 0 Å². The van der Waals surface area contributed by atoms with Gasteiger partial charge in [-0.25, -0.2) is 4.39 Å². The van der Waals surface area contributed by atoms with Crippen molar-refractivity contribution in [1.82, 2.24) is 0 Å². The van der Waals surface area contributed by atoms with Crippen molar-refractivity contribution in [3.05, 3.63) is 62.8 Å². The van der Waals surface area contributed by atoms with Crippen molar-refractivity contribution in [2.45, 2.75) is 13.5 Å². The van der Waals surface area contributed by atoms with Gasteiger partial charge in [-0.2, -0.15) is 0 Å². The first-order valence-corrected chi connectivity index (χ1v) is 6.67. The standard InChI is InChI=1S/C14H12BrClFN/c1-9-2-3-10(6-14(9)17)8-18-11-4-5-12(15)13(16)7-11/h2-7,18H,8H2,1H3. The van der Waals surface area contributed by atoms with Gasteiger partial charge in [-0.1, -0.05) is 23.7 Å². The summed E-state index contributed by atoms with van der Waals surface area (Å²) in [6.45, 7) is 2.32. The van der Waals surface area contributed by atoms with Crippen LogP contribution in [0.2, 0.25) is 5.02 Å². The SMILES string of the molecule is Cc1ccc(CNc2ccc(Br)c(Cl)c2)cc1F. The topological polar surface area (TPSA) is 12.0 Å². The van der Waals surface area contributed by atoms with Crippen molar-refractivity contribution in [2.24, 2.45) is 0 Å². The summed E-state index contributed by atoms with van der Waals surface area (Å²) in [4.78, 5) is 0. The second-order valence-electron chi connectivity index (χ2n) is 4.07. The Morgan fingerprint density at radius 2 is 2.00 bits per heavy atom. The summed E-state index contributed by atoms with van der Waals surface area (Å²) in [6, 6.07) is 10.9. The maximum Gasteiger partial charge on any atom is 0.126 e. The van der Waals surface area contributed by atoms with Gasteiger partial charge in [-0.15, -0.1) is 0 Å². The first-order valence-electron chi connectivity index (χ1n) is 5.50. The van der Waals surface area contributed by atoms with E-state index in [-0.39, 0.29) is 5.82 Å². The maximum atomic E-state index is 13.4. The summed E-state index contributed by atoms with van der Waals surface area (Å²) >= 11 is 9.33. The lowest BCUT2D eigenvalue weighted by molar-refractivity contribution is 0.616. The molecule has 0 atom stereocenters. The van der Waals surface area contributed by atoms with E-state index in [0.29, 0.717) is 17.1 Å². The summed E-state index contributed by atoms with van der Waals surface area (Å²) in [6.07, 6.45) is 0. The van der Waals surface area contributed by atoms with Gasteiger partial charge in [0.05, 0.1) is 5.02 Å². The van der Waals surface area contributed by atoms with Crippen LogP contribution in [0.5, 0.6) is 0 Å². The minimum atomic E-state index is -0.178. The minimum Gasteiger partial charge on any atom is -0.381 e. The Labute approximate surface area is 119 Å². The molecule has 0 spiro atoms. The van der Waals surface area contributed by atoms with Crippen molar-refractivity contribution in [1.29, 1.82) is 0 Å². The Morgan fingerprint density at radius 3 is 2.67 bits per heavy atom. The fourth-order valence-corrected chi connectivity index (χ4v) is 1.98. The molecule has 0 bridgehead atoms. The van der Waals surface area contributed by atoms with Crippen molar-refractivity contribution < 1.29 is 4.39 Å². The smallest absolute Gasteiger partial charge is 0.126 e. The molecule has 0 aromatic heterocycles. The van der Waals surface area contributed by atoms with Crippen LogP contribution in [0.25, 0.3) is 0 Å². The normalized spacial score (nSPS) is 10.4. The van der Waals surface area contributed by atoms with E-state index in [4.69, 9.17) is 11.6 Å². The molecule has 1 N–H and O–H groups in total. The molecule has 0 aliphatic heterocycles. The number of anilines is 1. The van der Waals surface area contributed by atoms with E-state index in [1.807, 2.05) is 24.3 Å². The Balaban J connectivity index is 2.06. The third-order valence-electron chi connectivity index (χ3n) is 2.65. The van der Waals surface area contributed by atoms with Crippen molar-refractivity contribution in [2.75, 3.05) is 5.32 Å². The second kappa shape index (κ2) is 5.72. The molecule has 0 heterocycles. The molecule has 2 aromatic carbocycles. The summed E-state index contributed by atoms with van der Waals surface area (Å²) < 4.78 is 14.2. The highest BCUT2D eigenvalue weighted by molar-refractivity contribution is 9.10. The highest BCUT2D eigenvalue weighted by Crippen LogP contribution is 2.25. The Kier molecular flexibility index (Phi) is 4.25. The summed E-state index contributed by atoms with van der Waals surface area (Å²) in [5.74, 6) is -0.178. The van der Waals surface area contributed by atoms with E-state index in [2.05, 4.69) is 21.2 Å². The highest BCUT2D eigenvalue weighted by atomic mass is 79.9. The number of nitrogens with one attached hydrogen (secondary N) is 1. The highest BCUT2D eigenvalue weighted by Gasteiger charge is 2.01. The first kappa shape index (κ1) is 13.4. The van der Waals surface area contributed by atoms with Gasteiger partial charge in [-0.05, 0) is 58.2 Å². The lowest BCUT2D eigenvalue weighted by Crippen LogP contribution is -2.00. The second-order valence-corrected chi connectivity index (χ2v) is 5.33. The number of hydrogen-bond acceptors (Lipinski definition) is 1. The average molecular weight is 329 g/mol. The molecule has 0 amide bonds. The predicted molar refractivity (Wildman–Crippen MR) is 77.6 cm³/mol. The van der Waals surface area contributed by atoms with Crippen LogP contribution >= 0.6 is 27.5 Å². The Bertz CT molecular complexity index is 520. The van der Waals surface area contributed by atoms with E-state index in [9.17, 15) is 4.39 Å². The molecule has 94 valence electrons. The van der Waals surface area contributed by atoms with Crippen LogP contribution in [0, 0.1) is 12.7 Å². The fraction of sp³-hybridized carbons (Fsp3) is 0.143. The lowest BCUT2D eigenvalue weighted by Gasteiger charge is -2.08. The molecule has 0 radical (unpaired) electrons. The zero-order valence-corrected chi connectivity index (χ0v) is 12.1. The molecule has 0 aliphatic carbocycles. The summed E-state index contributed by atoms with van der Waals surface area (Å²) in [5.41, 5.74) is 2.46. The van der Waals surface area contributed by atoms with Gasteiger partial charge in [-0.3, -0.25) is 0 Å². The fourth-order valence-electron chi connectivity index (χ4n) is 1.56. The summed E-state index contributed by atoms with van der Waals surface area (Å²) in [5, 5.41) is 3.85. The van der Waals surface area contributed by atoms with Gasteiger partial charge in [0.15, 0.2) is 0 Å². The number of aryl methyl sites for hydroxylation is 1. The van der Waals surface area contributed by atoms with Crippen LogP contribution < -0.4 is 5.32 Å². The number of rotatable bonds is 3. The van der Waals surface area contributed by atoms with Crippen molar-refractivity contribution in [3.63, 3.8) is 0 Å². The molecule has 0 saturated heterocycles. The molecule has 0 fully saturated rings. The van der Waals surface area contributed by atoms with Gasteiger partial charge in [0.1, 0.15) is 5.82 Å². The third kappa shape index (κ3) is 3.24. The van der Waals surface area contributed by atoms with Gasteiger partial charge in [0, 0.05) is 16.7 Å². The van der Waals surface area contributed by atoms with Gasteiger partial charge in [0.2, 0.25) is 0 Å². The number of benzene rings is 2. The van der Waals surface area contributed by atoms with Gasteiger partial charge < -0.3 is 5.32 Å². The van der Waals surface area contributed by atoms with Gasteiger partial charge in [0.25, 0.3) is 0 Å². The van der Waals surface area contributed by atoms with Crippen LogP contribution in [-0.4, -0.2) is 0 Å². The number of hydrogen-bond donors (Lipinski definition) is 1. The van der Waals surface area contributed by atoms with E-state index < -0.39 is 0 Å². The Morgan fingerprint density at radius 1 is 1.22 bits per heavy atom. The number of halogens is 3. The predicted octanol–water partition coefficient (Wildman–Crippen LogP) is 5.16. The molecule has 0 unspecified atom stereocenters. The zero-order chi connectivity index (χ0) is 13.1. The van der Waals surface area contributed by atoms with Crippen LogP contribution in [0.3, 0.4) is 0 Å². The first-order chi connectivity index (χ1) is 8.56. The third-order valence-corrected chi connectivity index (χ3v) is 3.88. The molecular formula is C14H12BrClFN. The molecule has 0 saturated carbocycles. The molecule has 18 heavy (non-hydrogen) atoms. The largest absolute Gasteiger partial charge is 0.381 e. The van der Waals surface area contributed by atoms with Crippen LogP contribution in [-0.2, 0) is 6.54 Å². The average Bonchev–Trinajstić information content (AvgIpc) is 2.35. The minimum absolute atomic E-state index is 0.178. The molecule has 2 aromatic rings. The van der Waals surface area contributed by atoms with E-state index >= 15 is 0 Å². The van der Waals surface area contributed by atoms with E-state index in [1.165, 1.54) is 0 Å². The zero-order valence-electron chi connectivity index (χ0n) is 9.81. The molecule has 1 nitrogen and oxygen atoms in total. The van der Waals surface area contributed by atoms with Crippen LogP contribution in [0.1, 0.15) is 11.1 Å². The molecular weight excluding hydrogens is 317 g/mol. The van der Waals surface area contributed by atoms with Crippen LogP contribution in [0.4, 0.5) is 10.1 Å². The maximum absolute atomic E-state index is 13.4. The molecule has 2 rings (SSSR count). The van der Waals surface area contributed by atoms with Crippen molar-refractivity contribution >= 4 is 33.2 Å². The van der Waals surface area contributed by atoms with E-state index in [0.717, 1.165) is 15.7 Å². The molecule has 0 aliphatic rings. The Hall–Kier alpha value is -1.06. The monoisotopic (exact) mass is 327 g/mol. The summed E-state index contributed by atoms with van der Waals surface area (Å²) in [7, 11) is 0.